The van der Waals surface area contributed by atoms with Crippen LogP contribution in [0.25, 0.3) is 0 Å². The molecule has 1 heterocycles. The second kappa shape index (κ2) is 10.6. The first-order chi connectivity index (χ1) is 13.0. The molecule has 0 aromatic carbocycles. The second-order valence-corrected chi connectivity index (χ2v) is 7.63. The molecule has 0 saturated heterocycles. The van der Waals surface area contributed by atoms with Crippen molar-refractivity contribution in [2.45, 2.75) is 65.5 Å². The summed E-state index contributed by atoms with van der Waals surface area (Å²) in [6, 6.07) is 0. The number of aryl methyl sites for hydroxylation is 1. The zero-order chi connectivity index (χ0) is 19.7. The highest BCUT2D eigenvalue weighted by atomic mass is 16.5. The van der Waals surface area contributed by atoms with Gasteiger partial charge in [0.15, 0.2) is 11.8 Å². The summed E-state index contributed by atoms with van der Waals surface area (Å²) in [6.07, 6.45) is 4.84. The fourth-order valence-corrected chi connectivity index (χ4v) is 3.31. The maximum atomic E-state index is 10.4. The van der Waals surface area contributed by atoms with Crippen molar-refractivity contribution < 1.29 is 9.84 Å². The fraction of sp³-hybridized carbons (Fsp3) is 0.842. The molecule has 1 fully saturated rings. The van der Waals surface area contributed by atoms with E-state index in [4.69, 9.17) is 4.74 Å². The average Bonchev–Trinajstić information content (AvgIpc) is 2.98. The van der Waals surface area contributed by atoms with Gasteiger partial charge in [-0.25, -0.2) is 4.99 Å². The molecule has 3 N–H and O–H groups in total. The third-order valence-electron chi connectivity index (χ3n) is 5.46. The smallest absolute Gasteiger partial charge is 0.191 e. The van der Waals surface area contributed by atoms with Crippen LogP contribution in [-0.2, 0) is 18.3 Å². The molecule has 0 bridgehead atoms. The molecular weight excluding hydrogens is 344 g/mol. The van der Waals surface area contributed by atoms with E-state index in [2.05, 4.69) is 32.7 Å². The molecule has 1 aliphatic carbocycles. The van der Waals surface area contributed by atoms with E-state index in [9.17, 15) is 5.11 Å². The van der Waals surface area contributed by atoms with Crippen LogP contribution in [0.15, 0.2) is 4.99 Å². The van der Waals surface area contributed by atoms with Crippen LogP contribution in [0.1, 0.15) is 57.6 Å². The van der Waals surface area contributed by atoms with E-state index in [0.29, 0.717) is 13.1 Å². The normalized spacial score (nSPS) is 23.4. The number of nitrogens with one attached hydrogen (secondary N) is 2. The van der Waals surface area contributed by atoms with Crippen molar-refractivity contribution in [1.29, 1.82) is 0 Å². The third-order valence-corrected chi connectivity index (χ3v) is 5.46. The van der Waals surface area contributed by atoms with E-state index < -0.39 is 0 Å². The van der Waals surface area contributed by atoms with E-state index in [1.165, 1.54) is 6.42 Å². The van der Waals surface area contributed by atoms with Crippen molar-refractivity contribution in [2.24, 2.45) is 17.5 Å². The van der Waals surface area contributed by atoms with Crippen LogP contribution in [0.5, 0.6) is 0 Å². The number of aliphatic imine (C=N–C) groups is 1. The average molecular weight is 381 g/mol. The van der Waals surface area contributed by atoms with Gasteiger partial charge in [-0.05, 0) is 33.1 Å². The lowest BCUT2D eigenvalue weighted by atomic mass is 9.73. The van der Waals surface area contributed by atoms with Crippen LogP contribution >= 0.6 is 0 Å². The largest absolute Gasteiger partial charge is 0.392 e. The standard InChI is InChI=1S/C19H36N6O2/c1-5-27-12-8-11-20-18(21-13-17-24-23-15(2)25(17)4)22-14-19(3)10-7-6-9-16(19)26/h16,26H,5-14H2,1-4H3,(H2,20,21,22). The molecule has 8 nitrogen and oxygen atoms in total. The number of hydrogen-bond donors (Lipinski definition) is 3. The minimum absolute atomic E-state index is 0.118. The van der Waals surface area contributed by atoms with Crippen molar-refractivity contribution >= 4 is 5.96 Å². The van der Waals surface area contributed by atoms with Gasteiger partial charge in [0.1, 0.15) is 12.4 Å². The number of rotatable bonds is 9. The van der Waals surface area contributed by atoms with E-state index >= 15 is 0 Å². The van der Waals surface area contributed by atoms with Crippen LogP contribution in [-0.4, -0.2) is 58.2 Å². The molecule has 2 rings (SSSR count). The Balaban J connectivity index is 1.95. The molecule has 0 radical (unpaired) electrons. The molecule has 27 heavy (non-hydrogen) atoms. The van der Waals surface area contributed by atoms with Crippen LogP contribution in [0.3, 0.4) is 0 Å². The summed E-state index contributed by atoms with van der Waals surface area (Å²) in [5, 5.41) is 25.5. The molecule has 1 aromatic rings. The van der Waals surface area contributed by atoms with E-state index in [-0.39, 0.29) is 11.5 Å². The molecule has 8 heteroatoms. The van der Waals surface area contributed by atoms with Gasteiger partial charge in [0, 0.05) is 38.8 Å². The predicted octanol–water partition coefficient (Wildman–Crippen LogP) is 1.53. The summed E-state index contributed by atoms with van der Waals surface area (Å²) in [4.78, 5) is 4.68. The number of aliphatic hydroxyl groups is 1. The Morgan fingerprint density at radius 3 is 2.85 bits per heavy atom. The van der Waals surface area contributed by atoms with Crippen molar-refractivity contribution in [3.8, 4) is 0 Å². The lowest BCUT2D eigenvalue weighted by molar-refractivity contribution is 0.00396. The maximum absolute atomic E-state index is 10.4. The number of ether oxygens (including phenoxy) is 1. The molecule has 0 amide bonds. The first-order valence-electron chi connectivity index (χ1n) is 10.1. The van der Waals surface area contributed by atoms with Crippen LogP contribution in [0.4, 0.5) is 0 Å². The lowest BCUT2D eigenvalue weighted by Crippen LogP contribution is -2.48. The predicted molar refractivity (Wildman–Crippen MR) is 107 cm³/mol. The van der Waals surface area contributed by atoms with Crippen molar-refractivity contribution in [3.05, 3.63) is 11.6 Å². The summed E-state index contributed by atoms with van der Waals surface area (Å²) < 4.78 is 7.34. The zero-order valence-electron chi connectivity index (χ0n) is 17.3. The monoisotopic (exact) mass is 380 g/mol. The Bertz CT molecular complexity index is 603. The minimum atomic E-state index is -0.264. The maximum Gasteiger partial charge on any atom is 0.191 e. The van der Waals surface area contributed by atoms with Gasteiger partial charge in [-0.1, -0.05) is 19.8 Å². The van der Waals surface area contributed by atoms with Gasteiger partial charge in [0.25, 0.3) is 0 Å². The number of aromatic nitrogens is 3. The first kappa shape index (κ1) is 21.6. The quantitative estimate of drug-likeness (QED) is 0.341. The van der Waals surface area contributed by atoms with Gasteiger partial charge in [0.2, 0.25) is 0 Å². The topological polar surface area (TPSA) is 96.6 Å². The fourth-order valence-electron chi connectivity index (χ4n) is 3.31. The Kier molecular flexibility index (Phi) is 8.50. The van der Waals surface area contributed by atoms with Gasteiger partial charge in [-0.15, -0.1) is 10.2 Å². The second-order valence-electron chi connectivity index (χ2n) is 7.63. The van der Waals surface area contributed by atoms with Crippen molar-refractivity contribution in [1.82, 2.24) is 25.4 Å². The first-order valence-corrected chi connectivity index (χ1v) is 10.1. The van der Waals surface area contributed by atoms with Gasteiger partial charge < -0.3 is 25.0 Å². The molecule has 1 saturated carbocycles. The highest BCUT2D eigenvalue weighted by Gasteiger charge is 2.35. The summed E-state index contributed by atoms with van der Waals surface area (Å²) in [7, 11) is 1.95. The van der Waals surface area contributed by atoms with Gasteiger partial charge in [0.05, 0.1) is 6.10 Å². The van der Waals surface area contributed by atoms with E-state index in [1.54, 1.807) is 0 Å². The Labute approximate surface area is 162 Å². The summed E-state index contributed by atoms with van der Waals surface area (Å²) in [5.74, 6) is 2.44. The van der Waals surface area contributed by atoms with Crippen molar-refractivity contribution in [2.75, 3.05) is 26.3 Å². The number of guanidine groups is 1. The van der Waals surface area contributed by atoms with Gasteiger partial charge in [-0.3, -0.25) is 0 Å². The zero-order valence-corrected chi connectivity index (χ0v) is 17.3. The molecule has 2 unspecified atom stereocenters. The summed E-state index contributed by atoms with van der Waals surface area (Å²) in [6.45, 7) is 9.49. The van der Waals surface area contributed by atoms with Crippen molar-refractivity contribution in [3.63, 3.8) is 0 Å². The molecule has 2 atom stereocenters. The lowest BCUT2D eigenvalue weighted by Gasteiger charge is -2.38. The SMILES string of the molecule is CCOCCCNC(=NCc1nnc(C)n1C)NCC1(C)CCCCC1O. The molecular formula is C19H36N6O2. The van der Waals surface area contributed by atoms with Gasteiger partial charge in [-0.2, -0.15) is 0 Å². The third kappa shape index (κ3) is 6.46. The van der Waals surface area contributed by atoms with Crippen LogP contribution in [0.2, 0.25) is 0 Å². The van der Waals surface area contributed by atoms with E-state index in [1.807, 2.05) is 25.5 Å². The molecule has 1 aromatic heterocycles. The Morgan fingerprint density at radius 2 is 2.19 bits per heavy atom. The number of hydrogen-bond acceptors (Lipinski definition) is 5. The Morgan fingerprint density at radius 1 is 1.37 bits per heavy atom. The molecule has 0 spiro atoms. The highest BCUT2D eigenvalue weighted by Crippen LogP contribution is 2.35. The molecule has 154 valence electrons. The number of aliphatic hydroxyl groups excluding tert-OH is 1. The highest BCUT2D eigenvalue weighted by molar-refractivity contribution is 5.79. The van der Waals surface area contributed by atoms with Crippen LogP contribution < -0.4 is 10.6 Å². The Hall–Kier alpha value is -1.67. The van der Waals surface area contributed by atoms with E-state index in [0.717, 1.165) is 63.1 Å². The van der Waals surface area contributed by atoms with Crippen LogP contribution in [0, 0.1) is 12.3 Å². The summed E-state index contributed by atoms with van der Waals surface area (Å²) >= 11 is 0. The minimum Gasteiger partial charge on any atom is -0.392 e. The van der Waals surface area contributed by atoms with Gasteiger partial charge >= 0.3 is 0 Å². The molecule has 0 aliphatic heterocycles. The number of nitrogens with zero attached hydrogens (tertiary/aromatic N) is 4. The summed E-state index contributed by atoms with van der Waals surface area (Å²) in [5.41, 5.74) is -0.118. The molecule has 1 aliphatic rings.